The zero-order chi connectivity index (χ0) is 19.6. The molecule has 140 valence electrons. The van der Waals surface area contributed by atoms with Crippen LogP contribution in [0.2, 0.25) is 0 Å². The van der Waals surface area contributed by atoms with Crippen LogP contribution in [0, 0.1) is 13.8 Å². The molecule has 0 bridgehead atoms. The molecule has 0 amide bonds. The number of hydrogen-bond acceptors (Lipinski definition) is 6. The number of hydrogen-bond donors (Lipinski definition) is 0. The highest BCUT2D eigenvalue weighted by atomic mass is 16.5. The minimum absolute atomic E-state index is 0.0531. The Morgan fingerprint density at radius 2 is 1.67 bits per heavy atom. The van der Waals surface area contributed by atoms with Crippen LogP contribution in [0.4, 0.5) is 0 Å². The van der Waals surface area contributed by atoms with Gasteiger partial charge in [0.15, 0.2) is 0 Å². The number of carbonyl (C=O) groups excluding carboxylic acids is 1. The lowest BCUT2D eigenvalue weighted by molar-refractivity contribution is 0.0473. The Morgan fingerprint density at radius 3 is 2.30 bits per heavy atom. The van der Waals surface area contributed by atoms with E-state index >= 15 is 0 Å². The highest BCUT2D eigenvalue weighted by molar-refractivity contribution is 5.91. The lowest BCUT2D eigenvalue weighted by Gasteiger charge is -2.12. The number of ether oxygens (including phenoxy) is 3. The van der Waals surface area contributed by atoms with Crippen LogP contribution in [0.5, 0.6) is 11.5 Å². The predicted molar refractivity (Wildman–Crippen MR) is 101 cm³/mol. The minimum Gasteiger partial charge on any atom is -0.496 e. The van der Waals surface area contributed by atoms with E-state index in [0.29, 0.717) is 28.2 Å². The molecule has 0 aliphatic carbocycles. The van der Waals surface area contributed by atoms with Crippen molar-refractivity contribution in [1.29, 1.82) is 0 Å². The van der Waals surface area contributed by atoms with E-state index in [-0.39, 0.29) is 6.61 Å². The number of rotatable bonds is 5. The van der Waals surface area contributed by atoms with Crippen LogP contribution in [0.15, 0.2) is 45.6 Å². The molecule has 0 aliphatic rings. The minimum atomic E-state index is -0.542. The SMILES string of the molecule is COc1cc(C(=O)OCc2cc(=O)oc3cc(C)ccc23)cc(OC)c1C. The van der Waals surface area contributed by atoms with Crippen LogP contribution < -0.4 is 15.1 Å². The van der Waals surface area contributed by atoms with Gasteiger partial charge < -0.3 is 18.6 Å². The zero-order valence-electron chi connectivity index (χ0n) is 15.6. The van der Waals surface area contributed by atoms with Crippen molar-refractivity contribution in [3.05, 3.63) is 69.1 Å². The summed E-state index contributed by atoms with van der Waals surface area (Å²) in [5.41, 5.74) is 2.63. The Bertz CT molecular complexity index is 1040. The average molecular weight is 368 g/mol. The van der Waals surface area contributed by atoms with Crippen molar-refractivity contribution in [3.63, 3.8) is 0 Å². The summed E-state index contributed by atoms with van der Waals surface area (Å²) in [6, 6.07) is 10.1. The van der Waals surface area contributed by atoms with Gasteiger partial charge in [0.25, 0.3) is 0 Å². The smallest absolute Gasteiger partial charge is 0.338 e. The molecule has 0 spiro atoms. The number of esters is 1. The highest BCUT2D eigenvalue weighted by Crippen LogP contribution is 2.30. The van der Waals surface area contributed by atoms with Gasteiger partial charge in [0.1, 0.15) is 23.7 Å². The molecule has 0 fully saturated rings. The summed E-state index contributed by atoms with van der Waals surface area (Å²) in [4.78, 5) is 24.3. The summed E-state index contributed by atoms with van der Waals surface area (Å²) in [5, 5.41) is 0.729. The molecular weight excluding hydrogens is 348 g/mol. The van der Waals surface area contributed by atoms with E-state index in [4.69, 9.17) is 18.6 Å². The fraction of sp³-hybridized carbons (Fsp3) is 0.238. The fourth-order valence-corrected chi connectivity index (χ4v) is 2.89. The average Bonchev–Trinajstić information content (AvgIpc) is 2.65. The summed E-state index contributed by atoms with van der Waals surface area (Å²) < 4.78 is 21.2. The van der Waals surface area contributed by atoms with Crippen LogP contribution in [0.3, 0.4) is 0 Å². The van der Waals surface area contributed by atoms with Gasteiger partial charge in [-0.25, -0.2) is 9.59 Å². The van der Waals surface area contributed by atoms with Crippen LogP contribution in [-0.2, 0) is 11.3 Å². The van der Waals surface area contributed by atoms with E-state index in [1.54, 1.807) is 18.2 Å². The molecule has 0 saturated carbocycles. The van der Waals surface area contributed by atoms with Crippen molar-refractivity contribution in [3.8, 4) is 11.5 Å². The molecule has 0 saturated heterocycles. The van der Waals surface area contributed by atoms with E-state index in [9.17, 15) is 9.59 Å². The van der Waals surface area contributed by atoms with Crippen LogP contribution in [0.25, 0.3) is 11.0 Å². The normalized spacial score (nSPS) is 10.7. The van der Waals surface area contributed by atoms with Gasteiger partial charge in [-0.05, 0) is 37.6 Å². The number of aryl methyl sites for hydroxylation is 1. The molecule has 1 aromatic heterocycles. The lowest BCUT2D eigenvalue weighted by Crippen LogP contribution is -2.09. The van der Waals surface area contributed by atoms with Crippen molar-refractivity contribution in [2.45, 2.75) is 20.5 Å². The van der Waals surface area contributed by atoms with Gasteiger partial charge in [-0.2, -0.15) is 0 Å². The number of fused-ring (bicyclic) bond motifs is 1. The number of benzene rings is 2. The van der Waals surface area contributed by atoms with Gasteiger partial charge in [-0.15, -0.1) is 0 Å². The van der Waals surface area contributed by atoms with Gasteiger partial charge in [-0.3, -0.25) is 0 Å². The molecule has 3 rings (SSSR count). The maximum atomic E-state index is 12.5. The second-order valence-corrected chi connectivity index (χ2v) is 6.17. The topological polar surface area (TPSA) is 75.0 Å². The third-order valence-electron chi connectivity index (χ3n) is 4.33. The second kappa shape index (κ2) is 7.53. The fourth-order valence-electron chi connectivity index (χ4n) is 2.89. The van der Waals surface area contributed by atoms with Crippen molar-refractivity contribution < 1.29 is 23.4 Å². The number of methoxy groups -OCH3 is 2. The quantitative estimate of drug-likeness (QED) is 0.504. The van der Waals surface area contributed by atoms with Crippen LogP contribution in [0.1, 0.15) is 27.0 Å². The first kappa shape index (κ1) is 18.5. The zero-order valence-corrected chi connectivity index (χ0v) is 15.6. The largest absolute Gasteiger partial charge is 0.496 e. The van der Waals surface area contributed by atoms with Gasteiger partial charge in [0.2, 0.25) is 0 Å². The van der Waals surface area contributed by atoms with Crippen molar-refractivity contribution >= 4 is 16.9 Å². The Hall–Kier alpha value is -3.28. The van der Waals surface area contributed by atoms with E-state index in [1.165, 1.54) is 20.3 Å². The van der Waals surface area contributed by atoms with Crippen LogP contribution >= 0.6 is 0 Å². The second-order valence-electron chi connectivity index (χ2n) is 6.17. The predicted octanol–water partition coefficient (Wildman–Crippen LogP) is 3.78. The van der Waals surface area contributed by atoms with E-state index < -0.39 is 11.6 Å². The summed E-state index contributed by atoms with van der Waals surface area (Å²) in [6.45, 7) is 3.69. The molecule has 0 atom stereocenters. The van der Waals surface area contributed by atoms with E-state index in [2.05, 4.69) is 0 Å². The molecule has 6 heteroatoms. The van der Waals surface area contributed by atoms with Gasteiger partial charge in [0, 0.05) is 22.6 Å². The Labute approximate surface area is 156 Å². The third kappa shape index (κ3) is 3.79. The van der Waals surface area contributed by atoms with E-state index in [1.807, 2.05) is 26.0 Å². The Balaban J connectivity index is 1.88. The molecule has 0 aliphatic heterocycles. The highest BCUT2D eigenvalue weighted by Gasteiger charge is 2.16. The standard InChI is InChI=1S/C21H20O6/c1-12-5-6-16-15(10-20(22)27-19(16)7-12)11-26-21(23)14-8-17(24-3)13(2)18(9-14)25-4/h5-10H,11H2,1-4H3. The summed E-state index contributed by atoms with van der Waals surface area (Å²) in [7, 11) is 3.04. The first-order valence-corrected chi connectivity index (χ1v) is 8.36. The third-order valence-corrected chi connectivity index (χ3v) is 4.33. The van der Waals surface area contributed by atoms with Crippen molar-refractivity contribution in [2.75, 3.05) is 14.2 Å². The van der Waals surface area contributed by atoms with Gasteiger partial charge in [0.05, 0.1) is 19.8 Å². The lowest BCUT2D eigenvalue weighted by atomic mass is 10.1. The van der Waals surface area contributed by atoms with Gasteiger partial charge in [-0.1, -0.05) is 12.1 Å². The molecule has 6 nitrogen and oxygen atoms in total. The summed E-state index contributed by atoms with van der Waals surface area (Å²) in [5.74, 6) is 0.519. The molecule has 2 aromatic carbocycles. The first-order valence-electron chi connectivity index (χ1n) is 8.36. The summed E-state index contributed by atoms with van der Waals surface area (Å²) in [6.07, 6.45) is 0. The van der Waals surface area contributed by atoms with E-state index in [0.717, 1.165) is 16.5 Å². The molecular formula is C21H20O6. The van der Waals surface area contributed by atoms with Gasteiger partial charge >= 0.3 is 11.6 Å². The molecule has 0 N–H and O–H groups in total. The molecule has 3 aromatic rings. The summed E-state index contributed by atoms with van der Waals surface area (Å²) >= 11 is 0. The van der Waals surface area contributed by atoms with Crippen molar-refractivity contribution in [1.82, 2.24) is 0 Å². The Kier molecular flexibility index (Phi) is 5.16. The Morgan fingerprint density at radius 1 is 1.00 bits per heavy atom. The monoisotopic (exact) mass is 368 g/mol. The first-order chi connectivity index (χ1) is 12.9. The molecule has 0 radical (unpaired) electrons. The molecule has 0 unspecified atom stereocenters. The molecule has 27 heavy (non-hydrogen) atoms. The maximum absolute atomic E-state index is 12.5. The van der Waals surface area contributed by atoms with Crippen molar-refractivity contribution in [2.24, 2.45) is 0 Å². The van der Waals surface area contributed by atoms with Crippen LogP contribution in [-0.4, -0.2) is 20.2 Å². The maximum Gasteiger partial charge on any atom is 0.338 e. The molecule has 1 heterocycles. The number of carbonyl (C=O) groups is 1.